The first-order valence-electron chi connectivity index (χ1n) is 6.07. The summed E-state index contributed by atoms with van der Waals surface area (Å²) in [5, 5.41) is 0. The maximum atomic E-state index is 12.4. The highest BCUT2D eigenvalue weighted by Gasteiger charge is 2.39. The van der Waals surface area contributed by atoms with Gasteiger partial charge in [-0.1, -0.05) is 6.42 Å². The summed E-state index contributed by atoms with van der Waals surface area (Å²) in [6, 6.07) is 0.117. The minimum absolute atomic E-state index is 0.117. The fourth-order valence-corrected chi connectivity index (χ4v) is 4.60. The number of nitrogens with two attached hydrogens (primary N) is 1. The lowest BCUT2D eigenvalue weighted by Gasteiger charge is -2.36. The van der Waals surface area contributed by atoms with Crippen molar-refractivity contribution in [2.75, 3.05) is 13.1 Å². The van der Waals surface area contributed by atoms with Crippen molar-refractivity contribution >= 4 is 10.2 Å². The fourth-order valence-electron chi connectivity index (χ4n) is 2.60. The first-order chi connectivity index (χ1) is 7.53. The van der Waals surface area contributed by atoms with Gasteiger partial charge in [0.25, 0.3) is 10.2 Å². The van der Waals surface area contributed by atoms with E-state index in [-0.39, 0.29) is 12.2 Å². The molecule has 94 valence electrons. The Balaban J connectivity index is 2.17. The quantitative estimate of drug-likeness (QED) is 0.772. The highest BCUT2D eigenvalue weighted by Crippen LogP contribution is 2.26. The largest absolute Gasteiger partial charge is 0.315 e. The van der Waals surface area contributed by atoms with E-state index in [2.05, 4.69) is 0 Å². The second-order valence-corrected chi connectivity index (χ2v) is 6.62. The molecule has 2 heterocycles. The summed E-state index contributed by atoms with van der Waals surface area (Å²) >= 11 is 0. The Morgan fingerprint density at radius 1 is 1.06 bits per heavy atom. The van der Waals surface area contributed by atoms with E-state index in [0.29, 0.717) is 13.1 Å². The number of hydrogen-bond acceptors (Lipinski definition) is 3. The van der Waals surface area contributed by atoms with Gasteiger partial charge in [-0.15, -0.1) is 0 Å². The van der Waals surface area contributed by atoms with Crippen molar-refractivity contribution in [3.63, 3.8) is 0 Å². The van der Waals surface area contributed by atoms with Crippen LogP contribution in [-0.2, 0) is 10.2 Å². The molecule has 2 unspecified atom stereocenters. The number of rotatable bonds is 2. The molecule has 0 bridgehead atoms. The van der Waals surface area contributed by atoms with Crippen LogP contribution in [0.15, 0.2) is 0 Å². The molecule has 5 nitrogen and oxygen atoms in total. The third-order valence-electron chi connectivity index (χ3n) is 3.58. The highest BCUT2D eigenvalue weighted by molar-refractivity contribution is 7.86. The summed E-state index contributed by atoms with van der Waals surface area (Å²) in [6.07, 6.45) is 4.39. The van der Waals surface area contributed by atoms with Crippen molar-refractivity contribution in [3.8, 4) is 0 Å². The molecular formula is C10H21N3O2S. The van der Waals surface area contributed by atoms with Crippen molar-refractivity contribution in [1.29, 1.82) is 0 Å². The van der Waals surface area contributed by atoms with Gasteiger partial charge in [0.1, 0.15) is 0 Å². The molecule has 0 saturated carbocycles. The summed E-state index contributed by atoms with van der Waals surface area (Å²) in [7, 11) is -3.32. The van der Waals surface area contributed by atoms with E-state index in [9.17, 15) is 8.42 Å². The Bertz CT molecular complexity index is 344. The van der Waals surface area contributed by atoms with Crippen LogP contribution in [0.25, 0.3) is 0 Å². The fraction of sp³-hybridized carbons (Fsp3) is 1.00. The molecule has 0 amide bonds. The van der Waals surface area contributed by atoms with Crippen LogP contribution >= 0.6 is 0 Å². The van der Waals surface area contributed by atoms with E-state index >= 15 is 0 Å². The summed E-state index contributed by atoms with van der Waals surface area (Å²) in [5.74, 6) is 0. The standard InChI is InChI=1S/C10H21N3O2S/c1-9-5-2-3-7-12(9)16(14,15)13-8-4-6-10(13)11/h9-10H,2-8,11H2,1H3. The molecule has 16 heavy (non-hydrogen) atoms. The smallest absolute Gasteiger partial charge is 0.283 e. The summed E-state index contributed by atoms with van der Waals surface area (Å²) in [5.41, 5.74) is 5.84. The molecule has 2 aliphatic heterocycles. The molecule has 0 spiro atoms. The number of nitrogens with zero attached hydrogens (tertiary/aromatic N) is 2. The van der Waals surface area contributed by atoms with Crippen molar-refractivity contribution < 1.29 is 8.42 Å². The normalized spacial score (nSPS) is 34.4. The van der Waals surface area contributed by atoms with Gasteiger partial charge in [0.2, 0.25) is 0 Å². The van der Waals surface area contributed by atoms with Crippen molar-refractivity contribution in [2.24, 2.45) is 5.73 Å². The molecule has 2 fully saturated rings. The van der Waals surface area contributed by atoms with E-state index in [0.717, 1.165) is 32.1 Å². The van der Waals surface area contributed by atoms with E-state index in [1.54, 1.807) is 4.31 Å². The molecule has 2 aliphatic rings. The first-order valence-corrected chi connectivity index (χ1v) is 7.47. The summed E-state index contributed by atoms with van der Waals surface area (Å²) in [4.78, 5) is 0. The third kappa shape index (κ3) is 2.11. The van der Waals surface area contributed by atoms with Gasteiger partial charge < -0.3 is 5.73 Å². The van der Waals surface area contributed by atoms with Gasteiger partial charge in [0, 0.05) is 19.1 Å². The Hall–Kier alpha value is -0.170. The predicted octanol–water partition coefficient (Wildman–Crippen LogP) is 0.486. The molecule has 2 atom stereocenters. The van der Waals surface area contributed by atoms with Crippen LogP contribution in [0, 0.1) is 0 Å². The first kappa shape index (κ1) is 12.3. The molecule has 6 heteroatoms. The molecule has 2 N–H and O–H groups in total. The predicted molar refractivity (Wildman–Crippen MR) is 62.9 cm³/mol. The molecular weight excluding hydrogens is 226 g/mol. The van der Waals surface area contributed by atoms with Crippen molar-refractivity contribution in [2.45, 2.75) is 51.2 Å². The van der Waals surface area contributed by atoms with Gasteiger partial charge in [0.05, 0.1) is 6.17 Å². The number of hydrogen-bond donors (Lipinski definition) is 1. The Morgan fingerprint density at radius 3 is 2.31 bits per heavy atom. The van der Waals surface area contributed by atoms with Gasteiger partial charge >= 0.3 is 0 Å². The van der Waals surface area contributed by atoms with E-state index < -0.39 is 10.2 Å². The van der Waals surface area contributed by atoms with Crippen LogP contribution in [0.3, 0.4) is 0 Å². The van der Waals surface area contributed by atoms with E-state index in [1.807, 2.05) is 6.92 Å². The summed E-state index contributed by atoms with van der Waals surface area (Å²) < 4.78 is 27.9. The SMILES string of the molecule is CC1CCCCN1S(=O)(=O)N1CCCC1N. The topological polar surface area (TPSA) is 66.6 Å². The number of piperidine rings is 1. The van der Waals surface area contributed by atoms with Gasteiger partial charge in [-0.05, 0) is 32.6 Å². The van der Waals surface area contributed by atoms with Gasteiger partial charge in [-0.25, -0.2) is 0 Å². The lowest BCUT2D eigenvalue weighted by Crippen LogP contribution is -2.52. The highest BCUT2D eigenvalue weighted by atomic mass is 32.2. The average Bonchev–Trinajstić information content (AvgIpc) is 2.65. The molecule has 0 aromatic heterocycles. The van der Waals surface area contributed by atoms with Gasteiger partial charge in [-0.2, -0.15) is 17.0 Å². The Morgan fingerprint density at radius 2 is 1.75 bits per heavy atom. The van der Waals surface area contributed by atoms with Gasteiger partial charge in [-0.3, -0.25) is 0 Å². The molecule has 2 saturated heterocycles. The second-order valence-electron chi connectivity index (χ2n) is 4.78. The zero-order chi connectivity index (χ0) is 11.8. The zero-order valence-electron chi connectivity index (χ0n) is 9.80. The molecule has 2 rings (SSSR count). The molecule has 0 aromatic carbocycles. The lowest BCUT2D eigenvalue weighted by atomic mass is 10.1. The summed E-state index contributed by atoms with van der Waals surface area (Å²) in [6.45, 7) is 3.21. The molecule has 0 radical (unpaired) electrons. The minimum Gasteiger partial charge on any atom is -0.315 e. The Kier molecular flexibility index (Phi) is 3.53. The monoisotopic (exact) mass is 247 g/mol. The van der Waals surface area contributed by atoms with Crippen molar-refractivity contribution in [1.82, 2.24) is 8.61 Å². The Labute approximate surface area is 97.8 Å². The van der Waals surface area contributed by atoms with Crippen LogP contribution in [-0.4, -0.2) is 42.3 Å². The molecule has 0 aromatic rings. The lowest BCUT2D eigenvalue weighted by molar-refractivity contribution is 0.241. The molecule has 0 aliphatic carbocycles. The van der Waals surface area contributed by atoms with Crippen LogP contribution in [0.5, 0.6) is 0 Å². The average molecular weight is 247 g/mol. The second kappa shape index (κ2) is 4.60. The zero-order valence-corrected chi connectivity index (χ0v) is 10.6. The van der Waals surface area contributed by atoms with Gasteiger partial charge in [0.15, 0.2) is 0 Å². The van der Waals surface area contributed by atoms with Crippen LogP contribution in [0.2, 0.25) is 0 Å². The van der Waals surface area contributed by atoms with E-state index in [4.69, 9.17) is 5.73 Å². The minimum atomic E-state index is -3.32. The van der Waals surface area contributed by atoms with Crippen LogP contribution < -0.4 is 5.73 Å². The van der Waals surface area contributed by atoms with Crippen molar-refractivity contribution in [3.05, 3.63) is 0 Å². The maximum absolute atomic E-state index is 12.4. The van der Waals surface area contributed by atoms with Crippen LogP contribution in [0.1, 0.15) is 39.0 Å². The maximum Gasteiger partial charge on any atom is 0.283 e. The third-order valence-corrected chi connectivity index (χ3v) is 5.76. The van der Waals surface area contributed by atoms with E-state index in [1.165, 1.54) is 4.31 Å². The van der Waals surface area contributed by atoms with Crippen LogP contribution in [0.4, 0.5) is 0 Å².